The highest BCUT2D eigenvalue weighted by Crippen LogP contribution is 2.15. The molecule has 0 amide bonds. The summed E-state index contributed by atoms with van der Waals surface area (Å²) in [7, 11) is 0. The van der Waals surface area contributed by atoms with E-state index in [1.807, 2.05) is 6.08 Å². The molecular formula is C67H110O5. The molecular weight excluding hydrogens is 885 g/mol. The SMILES string of the molecule is CC/C=C\C/C=C\C/C=C\C/C=C\C/C=C\C/C=C\CCC(=O)OCC(COCCCCCC/C=C\C/C=C\C/C=C\C/C=C\C/C=C\CC)OC(=O)CCCCCCCCCCCCCCCCCCC. The van der Waals surface area contributed by atoms with Crippen LogP contribution in [0.2, 0.25) is 0 Å². The summed E-state index contributed by atoms with van der Waals surface area (Å²) < 4.78 is 17.4. The summed E-state index contributed by atoms with van der Waals surface area (Å²) in [5.41, 5.74) is 0. The summed E-state index contributed by atoms with van der Waals surface area (Å²) in [6.45, 7) is 7.47. The van der Waals surface area contributed by atoms with Gasteiger partial charge >= 0.3 is 11.9 Å². The summed E-state index contributed by atoms with van der Waals surface area (Å²) in [5.74, 6) is -0.509. The third-order valence-electron chi connectivity index (χ3n) is 12.2. The van der Waals surface area contributed by atoms with Gasteiger partial charge in [-0.1, -0.05) is 270 Å². The number of carbonyl (C=O) groups is 2. The molecule has 0 aromatic carbocycles. The van der Waals surface area contributed by atoms with Crippen LogP contribution in [0.15, 0.2) is 134 Å². The Labute approximate surface area is 445 Å². The zero-order valence-corrected chi connectivity index (χ0v) is 46.9. The van der Waals surface area contributed by atoms with Gasteiger partial charge in [-0.2, -0.15) is 0 Å². The van der Waals surface area contributed by atoms with Crippen molar-refractivity contribution in [3.05, 3.63) is 134 Å². The maximum atomic E-state index is 12.9. The van der Waals surface area contributed by atoms with Gasteiger partial charge in [-0.3, -0.25) is 9.59 Å². The Morgan fingerprint density at radius 3 is 1.06 bits per heavy atom. The second-order valence-electron chi connectivity index (χ2n) is 19.1. The van der Waals surface area contributed by atoms with E-state index < -0.39 is 6.10 Å². The average Bonchev–Trinajstić information content (AvgIpc) is 3.38. The number of esters is 2. The minimum absolute atomic E-state index is 0.0284. The fourth-order valence-corrected chi connectivity index (χ4v) is 7.86. The maximum absolute atomic E-state index is 12.9. The van der Waals surface area contributed by atoms with Gasteiger partial charge in [0.2, 0.25) is 0 Å². The van der Waals surface area contributed by atoms with Crippen molar-refractivity contribution in [2.45, 2.75) is 258 Å². The van der Waals surface area contributed by atoms with Gasteiger partial charge in [0.25, 0.3) is 0 Å². The first-order valence-electron chi connectivity index (χ1n) is 29.7. The van der Waals surface area contributed by atoms with Gasteiger partial charge in [-0.15, -0.1) is 0 Å². The molecule has 0 N–H and O–H groups in total. The lowest BCUT2D eigenvalue weighted by molar-refractivity contribution is -0.162. The molecule has 0 aliphatic carbocycles. The summed E-state index contributed by atoms with van der Waals surface area (Å²) in [5, 5.41) is 0. The third kappa shape index (κ3) is 58.6. The molecule has 0 saturated carbocycles. The van der Waals surface area contributed by atoms with Crippen molar-refractivity contribution in [2.24, 2.45) is 0 Å². The van der Waals surface area contributed by atoms with E-state index in [-0.39, 0.29) is 25.2 Å². The van der Waals surface area contributed by atoms with Crippen LogP contribution >= 0.6 is 0 Å². The highest BCUT2D eigenvalue weighted by Gasteiger charge is 2.17. The third-order valence-corrected chi connectivity index (χ3v) is 12.2. The van der Waals surface area contributed by atoms with Gasteiger partial charge in [0.15, 0.2) is 6.10 Å². The van der Waals surface area contributed by atoms with Crippen molar-refractivity contribution < 1.29 is 23.8 Å². The normalized spacial score (nSPS) is 13.2. The molecule has 0 aromatic heterocycles. The monoisotopic (exact) mass is 995 g/mol. The molecule has 0 aliphatic rings. The molecule has 1 atom stereocenters. The molecule has 0 aromatic rings. The first-order valence-corrected chi connectivity index (χ1v) is 29.7. The van der Waals surface area contributed by atoms with Crippen LogP contribution in [0, 0.1) is 0 Å². The number of unbranched alkanes of at least 4 members (excludes halogenated alkanes) is 20. The van der Waals surface area contributed by atoms with Crippen LogP contribution in [0.4, 0.5) is 0 Å². The van der Waals surface area contributed by atoms with E-state index in [9.17, 15) is 9.59 Å². The van der Waals surface area contributed by atoms with Crippen molar-refractivity contribution in [2.75, 3.05) is 19.8 Å². The Morgan fingerprint density at radius 2 is 0.653 bits per heavy atom. The zero-order chi connectivity index (χ0) is 52.0. The quantitative estimate of drug-likeness (QED) is 0.0345. The summed E-state index contributed by atoms with van der Waals surface area (Å²) >= 11 is 0. The number of rotatable bonds is 53. The van der Waals surface area contributed by atoms with E-state index in [1.54, 1.807) is 0 Å². The molecule has 0 fully saturated rings. The number of hydrogen-bond donors (Lipinski definition) is 0. The molecule has 408 valence electrons. The number of carbonyl (C=O) groups excluding carboxylic acids is 2. The standard InChI is InChI=1S/C67H110O5/c1-4-7-10-13-16-19-22-25-28-31-33-35-38-41-44-47-50-53-56-59-62-70-63-65(72-67(69)61-58-55-52-49-46-43-40-36-30-27-24-21-18-15-12-9-6-3)64-71-66(68)60-57-54-51-48-45-42-39-37-34-32-29-26-23-20-17-14-11-8-5-2/h7-8,10-11,16-17,19-20,25-26,28-29,33-35,37,41-42,44-45,51,54,65H,4-6,9,12-15,18,21-24,27,30-32,36,38-40,43,46-50,52-53,55-64H2,1-3H3/b10-7-,11-8-,19-16-,20-17-,28-25-,29-26-,35-33-,37-34-,44-41-,45-42-,54-51-. The second-order valence-corrected chi connectivity index (χ2v) is 19.1. The molecule has 5 heteroatoms. The highest BCUT2D eigenvalue weighted by molar-refractivity contribution is 5.70. The number of hydrogen-bond acceptors (Lipinski definition) is 5. The molecule has 0 radical (unpaired) electrons. The van der Waals surface area contributed by atoms with E-state index >= 15 is 0 Å². The fourth-order valence-electron chi connectivity index (χ4n) is 7.86. The Kier molecular flexibility index (Phi) is 58.0. The molecule has 0 bridgehead atoms. The molecule has 0 aliphatic heterocycles. The van der Waals surface area contributed by atoms with E-state index in [2.05, 4.69) is 148 Å². The molecule has 0 rings (SSSR count). The lowest BCUT2D eigenvalue weighted by Crippen LogP contribution is -2.30. The van der Waals surface area contributed by atoms with Crippen LogP contribution < -0.4 is 0 Å². The first-order chi connectivity index (χ1) is 35.6. The van der Waals surface area contributed by atoms with Crippen LogP contribution in [-0.4, -0.2) is 37.9 Å². The Morgan fingerprint density at radius 1 is 0.319 bits per heavy atom. The van der Waals surface area contributed by atoms with Gasteiger partial charge in [0.05, 0.1) is 6.61 Å². The summed E-state index contributed by atoms with van der Waals surface area (Å²) in [6.07, 6.45) is 87.8. The van der Waals surface area contributed by atoms with Crippen LogP contribution in [-0.2, 0) is 23.8 Å². The predicted octanol–water partition coefficient (Wildman–Crippen LogP) is 20.7. The molecule has 1 unspecified atom stereocenters. The van der Waals surface area contributed by atoms with Gasteiger partial charge in [0.1, 0.15) is 6.61 Å². The molecule has 0 heterocycles. The van der Waals surface area contributed by atoms with Crippen LogP contribution in [0.1, 0.15) is 252 Å². The van der Waals surface area contributed by atoms with E-state index in [4.69, 9.17) is 14.2 Å². The maximum Gasteiger partial charge on any atom is 0.306 e. The molecule has 5 nitrogen and oxygen atoms in total. The van der Waals surface area contributed by atoms with Crippen LogP contribution in [0.3, 0.4) is 0 Å². The van der Waals surface area contributed by atoms with E-state index in [0.717, 1.165) is 116 Å². The lowest BCUT2D eigenvalue weighted by Gasteiger charge is -2.18. The number of ether oxygens (including phenoxy) is 3. The van der Waals surface area contributed by atoms with Gasteiger partial charge in [-0.25, -0.2) is 0 Å². The molecule has 72 heavy (non-hydrogen) atoms. The number of allylic oxidation sites excluding steroid dienone is 22. The Bertz CT molecular complexity index is 1500. The smallest absolute Gasteiger partial charge is 0.306 e. The minimum Gasteiger partial charge on any atom is -0.462 e. The topological polar surface area (TPSA) is 61.8 Å². The zero-order valence-electron chi connectivity index (χ0n) is 46.9. The Balaban J connectivity index is 4.46. The van der Waals surface area contributed by atoms with Gasteiger partial charge < -0.3 is 14.2 Å². The molecule has 0 spiro atoms. The van der Waals surface area contributed by atoms with Crippen LogP contribution in [0.25, 0.3) is 0 Å². The summed E-state index contributed by atoms with van der Waals surface area (Å²) in [4.78, 5) is 25.5. The van der Waals surface area contributed by atoms with Crippen molar-refractivity contribution in [1.29, 1.82) is 0 Å². The lowest BCUT2D eigenvalue weighted by atomic mass is 10.0. The average molecular weight is 996 g/mol. The first kappa shape index (κ1) is 68.0. The van der Waals surface area contributed by atoms with E-state index in [0.29, 0.717) is 25.9 Å². The summed E-state index contributed by atoms with van der Waals surface area (Å²) in [6, 6.07) is 0. The van der Waals surface area contributed by atoms with Crippen LogP contribution in [0.5, 0.6) is 0 Å². The van der Waals surface area contributed by atoms with Crippen molar-refractivity contribution in [3.63, 3.8) is 0 Å². The van der Waals surface area contributed by atoms with Crippen molar-refractivity contribution in [1.82, 2.24) is 0 Å². The highest BCUT2D eigenvalue weighted by atomic mass is 16.6. The van der Waals surface area contributed by atoms with Crippen molar-refractivity contribution >= 4 is 11.9 Å². The Hall–Kier alpha value is -3.96. The van der Waals surface area contributed by atoms with Gasteiger partial charge in [0, 0.05) is 19.4 Å². The van der Waals surface area contributed by atoms with E-state index in [1.165, 1.54) is 96.3 Å². The predicted molar refractivity (Wildman–Crippen MR) is 315 cm³/mol. The van der Waals surface area contributed by atoms with Gasteiger partial charge in [-0.05, 0) is 103 Å². The molecule has 0 saturated heterocycles. The largest absolute Gasteiger partial charge is 0.462 e. The fraction of sp³-hybridized carbons (Fsp3) is 0.642. The minimum atomic E-state index is -0.589. The second kappa shape index (κ2) is 61.3. The van der Waals surface area contributed by atoms with Crippen molar-refractivity contribution in [3.8, 4) is 0 Å².